The predicted octanol–water partition coefficient (Wildman–Crippen LogP) is 2.98. The van der Waals surface area contributed by atoms with Crippen molar-refractivity contribution in [3.05, 3.63) is 59.5 Å². The summed E-state index contributed by atoms with van der Waals surface area (Å²) < 4.78 is 24.3. The number of ether oxygens (including phenoxy) is 2. The van der Waals surface area contributed by atoms with E-state index >= 15 is 0 Å². The number of halogens is 2. The zero-order valence-electron chi connectivity index (χ0n) is 18.0. The molecule has 170 valence electrons. The van der Waals surface area contributed by atoms with Gasteiger partial charge in [-0.1, -0.05) is 18.2 Å². The van der Waals surface area contributed by atoms with Crippen LogP contribution in [-0.4, -0.2) is 62.3 Å². The van der Waals surface area contributed by atoms with E-state index in [-0.39, 0.29) is 35.8 Å². The average Bonchev–Trinajstić information content (AvgIpc) is 2.79. The summed E-state index contributed by atoms with van der Waals surface area (Å²) in [6.45, 7) is 6.94. The van der Waals surface area contributed by atoms with Gasteiger partial charge in [0.05, 0.1) is 32.9 Å². The highest BCUT2D eigenvalue weighted by atomic mass is 127. The molecule has 3 rings (SSSR count). The number of nitrogens with zero attached hydrogens (tertiary/aromatic N) is 3. The summed E-state index contributed by atoms with van der Waals surface area (Å²) in [5, 5.41) is 6.72. The Balaban J connectivity index is 0.00000341. The lowest BCUT2D eigenvalue weighted by Crippen LogP contribution is -2.46. The van der Waals surface area contributed by atoms with Gasteiger partial charge in [-0.2, -0.15) is 0 Å². The van der Waals surface area contributed by atoms with Crippen molar-refractivity contribution in [2.45, 2.75) is 19.5 Å². The van der Waals surface area contributed by atoms with E-state index in [1.807, 2.05) is 31.2 Å². The van der Waals surface area contributed by atoms with Gasteiger partial charge in [0.2, 0.25) is 5.88 Å². The van der Waals surface area contributed by atoms with Gasteiger partial charge < -0.3 is 20.1 Å². The number of hydrogen-bond acceptors (Lipinski definition) is 5. The molecule has 1 fully saturated rings. The minimum atomic E-state index is -0.229. The molecule has 2 heterocycles. The van der Waals surface area contributed by atoms with Crippen LogP contribution in [0.15, 0.2) is 47.6 Å². The number of aromatic nitrogens is 1. The molecule has 0 bridgehead atoms. The van der Waals surface area contributed by atoms with Gasteiger partial charge in [0.1, 0.15) is 5.82 Å². The smallest absolute Gasteiger partial charge is 0.218 e. The molecule has 1 aliphatic heterocycles. The Labute approximate surface area is 200 Å². The van der Waals surface area contributed by atoms with Crippen LogP contribution < -0.4 is 15.4 Å². The van der Waals surface area contributed by atoms with Gasteiger partial charge >= 0.3 is 0 Å². The normalized spacial score (nSPS) is 15.6. The molecule has 1 saturated heterocycles. The number of methoxy groups -OCH3 is 1. The van der Waals surface area contributed by atoms with Gasteiger partial charge in [-0.25, -0.2) is 14.4 Å². The fourth-order valence-electron chi connectivity index (χ4n) is 3.46. The first-order chi connectivity index (χ1) is 14.7. The van der Waals surface area contributed by atoms with Crippen molar-refractivity contribution in [2.24, 2.45) is 4.99 Å². The lowest BCUT2D eigenvalue weighted by Gasteiger charge is -2.35. The van der Waals surface area contributed by atoms with Crippen LogP contribution in [0.1, 0.15) is 24.1 Å². The lowest BCUT2D eigenvalue weighted by molar-refractivity contribution is 0.0170. The van der Waals surface area contributed by atoms with Crippen LogP contribution >= 0.6 is 24.0 Å². The Morgan fingerprint density at radius 2 is 1.97 bits per heavy atom. The van der Waals surface area contributed by atoms with Crippen LogP contribution in [0.4, 0.5) is 4.39 Å². The standard InChI is InChI=1S/C22H30FN5O2.HI/c1-3-24-22(26-15-18-5-4-10-25-21(18)29-2)27-16-20(28-11-13-30-14-12-28)17-6-8-19(23)9-7-17;/h4-10,20H,3,11-16H2,1-2H3,(H2,24,26,27);1H. The van der Waals surface area contributed by atoms with E-state index in [0.29, 0.717) is 38.1 Å². The third kappa shape index (κ3) is 7.58. The Kier molecular flexibility index (Phi) is 11.0. The third-order valence-electron chi connectivity index (χ3n) is 5.00. The molecule has 1 atom stereocenters. The van der Waals surface area contributed by atoms with Crippen LogP contribution in [0, 0.1) is 5.82 Å². The molecular weight excluding hydrogens is 512 g/mol. The highest BCUT2D eigenvalue weighted by molar-refractivity contribution is 14.0. The van der Waals surface area contributed by atoms with Crippen LogP contribution in [-0.2, 0) is 11.3 Å². The first kappa shape index (κ1) is 25.3. The second-order valence-electron chi connectivity index (χ2n) is 6.96. The number of rotatable bonds is 8. The highest BCUT2D eigenvalue weighted by Gasteiger charge is 2.23. The Hall–Kier alpha value is -1.98. The molecule has 0 saturated carbocycles. The summed E-state index contributed by atoms with van der Waals surface area (Å²) in [5.74, 6) is 1.06. The van der Waals surface area contributed by atoms with Crippen molar-refractivity contribution in [1.82, 2.24) is 20.5 Å². The van der Waals surface area contributed by atoms with E-state index in [4.69, 9.17) is 9.47 Å². The number of aliphatic imine (C=N–C) groups is 1. The summed E-state index contributed by atoms with van der Waals surface area (Å²) in [5.41, 5.74) is 1.98. The van der Waals surface area contributed by atoms with Crippen molar-refractivity contribution >= 4 is 29.9 Å². The van der Waals surface area contributed by atoms with E-state index in [2.05, 4.69) is 25.5 Å². The van der Waals surface area contributed by atoms with Crippen molar-refractivity contribution in [1.29, 1.82) is 0 Å². The minimum absolute atomic E-state index is 0. The van der Waals surface area contributed by atoms with E-state index in [1.54, 1.807) is 13.3 Å². The molecule has 1 aromatic heterocycles. The molecule has 0 radical (unpaired) electrons. The fraction of sp³-hybridized carbons (Fsp3) is 0.455. The first-order valence-corrected chi connectivity index (χ1v) is 10.3. The quantitative estimate of drug-likeness (QED) is 0.303. The van der Waals surface area contributed by atoms with Gasteiger partial charge in [0, 0.05) is 37.9 Å². The second-order valence-corrected chi connectivity index (χ2v) is 6.96. The molecule has 2 aromatic rings. The Bertz CT molecular complexity index is 816. The number of nitrogens with one attached hydrogen (secondary N) is 2. The summed E-state index contributed by atoms with van der Waals surface area (Å²) in [7, 11) is 1.61. The van der Waals surface area contributed by atoms with Gasteiger partial charge in [-0.05, 0) is 30.7 Å². The summed E-state index contributed by atoms with van der Waals surface area (Å²) in [4.78, 5) is 11.3. The fourth-order valence-corrected chi connectivity index (χ4v) is 3.46. The number of hydrogen-bond donors (Lipinski definition) is 2. The highest BCUT2D eigenvalue weighted by Crippen LogP contribution is 2.22. The van der Waals surface area contributed by atoms with Crippen molar-refractivity contribution in [3.8, 4) is 5.88 Å². The van der Waals surface area contributed by atoms with E-state index < -0.39 is 0 Å². The van der Waals surface area contributed by atoms with Crippen LogP contribution in [0.3, 0.4) is 0 Å². The van der Waals surface area contributed by atoms with Gasteiger partial charge in [-0.15, -0.1) is 24.0 Å². The molecule has 0 spiro atoms. The van der Waals surface area contributed by atoms with E-state index in [9.17, 15) is 4.39 Å². The largest absolute Gasteiger partial charge is 0.481 e. The van der Waals surface area contributed by atoms with Crippen LogP contribution in [0.25, 0.3) is 0 Å². The average molecular weight is 543 g/mol. The predicted molar refractivity (Wildman–Crippen MR) is 131 cm³/mol. The number of morpholine rings is 1. The monoisotopic (exact) mass is 543 g/mol. The maximum Gasteiger partial charge on any atom is 0.218 e. The molecule has 7 nitrogen and oxygen atoms in total. The molecule has 1 unspecified atom stereocenters. The van der Waals surface area contributed by atoms with Crippen molar-refractivity contribution in [2.75, 3.05) is 46.5 Å². The molecule has 0 aliphatic carbocycles. The summed E-state index contributed by atoms with van der Waals surface area (Å²) in [6.07, 6.45) is 1.70. The minimum Gasteiger partial charge on any atom is -0.481 e. The zero-order valence-corrected chi connectivity index (χ0v) is 20.3. The topological polar surface area (TPSA) is 71.0 Å². The van der Waals surface area contributed by atoms with Gasteiger partial charge in [-0.3, -0.25) is 4.90 Å². The molecular formula is C22H31FIN5O2. The van der Waals surface area contributed by atoms with E-state index in [0.717, 1.165) is 30.8 Å². The lowest BCUT2D eigenvalue weighted by atomic mass is 10.0. The molecule has 2 N–H and O–H groups in total. The van der Waals surface area contributed by atoms with Crippen LogP contribution in [0.2, 0.25) is 0 Å². The third-order valence-corrected chi connectivity index (χ3v) is 5.00. The first-order valence-electron chi connectivity index (χ1n) is 10.3. The van der Waals surface area contributed by atoms with E-state index in [1.165, 1.54) is 12.1 Å². The molecule has 0 amide bonds. The maximum atomic E-state index is 13.4. The Morgan fingerprint density at radius 1 is 1.23 bits per heavy atom. The molecule has 31 heavy (non-hydrogen) atoms. The summed E-state index contributed by atoms with van der Waals surface area (Å²) in [6, 6.07) is 10.6. The van der Waals surface area contributed by atoms with Gasteiger partial charge in [0.25, 0.3) is 0 Å². The molecule has 1 aromatic carbocycles. The summed E-state index contributed by atoms with van der Waals surface area (Å²) >= 11 is 0. The number of benzene rings is 1. The SMILES string of the molecule is CCNC(=NCc1cccnc1OC)NCC(c1ccc(F)cc1)N1CCOCC1.I. The maximum absolute atomic E-state index is 13.4. The molecule has 9 heteroatoms. The molecule has 1 aliphatic rings. The zero-order chi connectivity index (χ0) is 21.2. The number of pyridine rings is 1. The number of guanidine groups is 1. The van der Waals surface area contributed by atoms with Crippen LogP contribution in [0.5, 0.6) is 5.88 Å². The Morgan fingerprint density at radius 3 is 2.65 bits per heavy atom. The van der Waals surface area contributed by atoms with Crippen molar-refractivity contribution in [3.63, 3.8) is 0 Å². The van der Waals surface area contributed by atoms with Crippen molar-refractivity contribution < 1.29 is 13.9 Å². The van der Waals surface area contributed by atoms with Gasteiger partial charge in [0.15, 0.2) is 5.96 Å². The second kappa shape index (κ2) is 13.4.